The second kappa shape index (κ2) is 13.4. The second-order valence-electron chi connectivity index (χ2n) is 13.8. The molecule has 1 heterocycles. The van der Waals surface area contributed by atoms with E-state index in [1.54, 1.807) is 11.8 Å². The van der Waals surface area contributed by atoms with E-state index in [1.165, 1.54) is 10.5 Å². The highest BCUT2D eigenvalue weighted by Gasteiger charge is 2.59. The molecule has 7 atom stereocenters. The van der Waals surface area contributed by atoms with Crippen LogP contribution in [0.2, 0.25) is 0 Å². The van der Waals surface area contributed by atoms with Gasteiger partial charge in [-0.3, -0.25) is 24.1 Å². The summed E-state index contributed by atoms with van der Waals surface area (Å²) in [5.74, 6) is 2.31. The number of carbonyl (C=O) groups excluding carboxylic acids is 4. The lowest BCUT2D eigenvalue weighted by molar-refractivity contribution is -0.138. The van der Waals surface area contributed by atoms with Crippen LogP contribution in [0, 0.1) is 34.5 Å². The SMILES string of the molecule is CCCSC1CC(=O)N(CCCCCC(=O)NN=C2C=CC3(C)C(=C2)CCC2C3CCC3(C)C(C(=O)CO)CCC23)C1=O. The number of imide groups is 1. The molecule has 0 spiro atoms. The number of thioether (sulfide) groups is 1. The molecule has 2 N–H and O–H groups in total. The molecule has 3 saturated carbocycles. The fraction of sp³-hybridized carbons (Fsp3) is 0.735. The number of Topliss-reactive ketones (excluding diaryl/α,β-unsaturated/α-hetero) is 1. The van der Waals surface area contributed by atoms with Gasteiger partial charge in [0.1, 0.15) is 6.61 Å². The van der Waals surface area contributed by atoms with E-state index in [4.69, 9.17) is 0 Å². The third-order valence-electron chi connectivity index (χ3n) is 11.4. The third-order valence-corrected chi connectivity index (χ3v) is 12.8. The number of aliphatic hydroxyl groups excluding tert-OH is 1. The summed E-state index contributed by atoms with van der Waals surface area (Å²) in [6.07, 6.45) is 16.6. The zero-order valence-electron chi connectivity index (χ0n) is 26.1. The van der Waals surface area contributed by atoms with E-state index in [-0.39, 0.29) is 52.1 Å². The van der Waals surface area contributed by atoms with Crippen molar-refractivity contribution in [3.63, 3.8) is 0 Å². The van der Waals surface area contributed by atoms with Crippen LogP contribution in [0.15, 0.2) is 28.9 Å². The first-order valence-corrected chi connectivity index (χ1v) is 17.5. The van der Waals surface area contributed by atoms with Crippen LogP contribution in [-0.4, -0.2) is 63.4 Å². The molecule has 0 radical (unpaired) electrons. The molecule has 0 aromatic carbocycles. The molecule has 7 unspecified atom stereocenters. The minimum absolute atomic E-state index is 0.00168. The Balaban J connectivity index is 1.08. The van der Waals surface area contributed by atoms with Crippen molar-refractivity contribution in [3.05, 3.63) is 23.8 Å². The van der Waals surface area contributed by atoms with Crippen LogP contribution in [0.25, 0.3) is 0 Å². The number of unbranched alkanes of at least 4 members (excludes halogenated alkanes) is 2. The molecule has 0 bridgehead atoms. The highest BCUT2D eigenvalue weighted by molar-refractivity contribution is 8.00. The van der Waals surface area contributed by atoms with E-state index in [1.807, 2.05) is 6.08 Å². The molecule has 4 aliphatic carbocycles. The summed E-state index contributed by atoms with van der Waals surface area (Å²) in [6.45, 7) is 6.82. The van der Waals surface area contributed by atoms with E-state index < -0.39 is 0 Å². The van der Waals surface area contributed by atoms with Crippen LogP contribution in [0.1, 0.15) is 97.8 Å². The van der Waals surface area contributed by atoms with Crippen LogP contribution < -0.4 is 5.43 Å². The lowest BCUT2D eigenvalue weighted by atomic mass is 9.47. The van der Waals surface area contributed by atoms with Gasteiger partial charge in [-0.05, 0) is 98.9 Å². The summed E-state index contributed by atoms with van der Waals surface area (Å²) in [6, 6.07) is 0. The Hall–Kier alpha value is -2.26. The quantitative estimate of drug-likeness (QED) is 0.178. The highest BCUT2D eigenvalue weighted by Crippen LogP contribution is 2.66. The van der Waals surface area contributed by atoms with Crippen molar-refractivity contribution < 1.29 is 24.3 Å². The monoisotopic (exact) mass is 611 g/mol. The maximum atomic E-state index is 12.5. The molecule has 8 nitrogen and oxygen atoms in total. The summed E-state index contributed by atoms with van der Waals surface area (Å²) in [7, 11) is 0. The Morgan fingerprint density at radius 2 is 1.93 bits per heavy atom. The molecule has 4 fully saturated rings. The summed E-state index contributed by atoms with van der Waals surface area (Å²) in [5, 5.41) is 13.7. The van der Waals surface area contributed by atoms with Gasteiger partial charge < -0.3 is 5.11 Å². The Kier molecular flexibility index (Phi) is 10.0. The highest BCUT2D eigenvalue weighted by atomic mass is 32.2. The predicted octanol–water partition coefficient (Wildman–Crippen LogP) is 5.21. The number of hydrazone groups is 1. The number of hydrogen-bond acceptors (Lipinski definition) is 7. The van der Waals surface area contributed by atoms with Gasteiger partial charge in [0.05, 0.1) is 11.0 Å². The van der Waals surface area contributed by atoms with Gasteiger partial charge >= 0.3 is 0 Å². The fourth-order valence-corrected chi connectivity index (χ4v) is 10.2. The van der Waals surface area contributed by atoms with Crippen molar-refractivity contribution in [3.8, 4) is 0 Å². The van der Waals surface area contributed by atoms with Crippen molar-refractivity contribution in [2.75, 3.05) is 18.9 Å². The number of fused-ring (bicyclic) bond motifs is 5. The molecule has 3 amide bonds. The molecule has 1 aliphatic heterocycles. The number of hydrogen-bond donors (Lipinski definition) is 2. The Morgan fingerprint density at radius 3 is 2.70 bits per heavy atom. The normalized spacial score (nSPS) is 35.9. The Bertz CT molecular complexity index is 1210. The van der Waals surface area contributed by atoms with Crippen LogP contribution >= 0.6 is 11.8 Å². The smallest absolute Gasteiger partial charge is 0.242 e. The number of amides is 3. The minimum Gasteiger partial charge on any atom is -0.389 e. The van der Waals surface area contributed by atoms with E-state index in [2.05, 4.69) is 43.5 Å². The number of likely N-dealkylation sites (tertiary alicyclic amines) is 1. The molecular weight excluding hydrogens is 562 g/mol. The van der Waals surface area contributed by atoms with Crippen LogP contribution in [0.4, 0.5) is 0 Å². The number of allylic oxidation sites excluding steroid dienone is 4. The number of aliphatic hydroxyl groups is 1. The second-order valence-corrected chi connectivity index (χ2v) is 15.1. The largest absolute Gasteiger partial charge is 0.389 e. The number of nitrogens with one attached hydrogen (secondary N) is 1. The van der Waals surface area contributed by atoms with E-state index in [9.17, 15) is 24.3 Å². The van der Waals surface area contributed by atoms with Crippen molar-refractivity contribution in [2.24, 2.45) is 39.6 Å². The first-order chi connectivity index (χ1) is 20.6. The number of rotatable bonds is 12. The summed E-state index contributed by atoms with van der Waals surface area (Å²) >= 11 is 1.58. The summed E-state index contributed by atoms with van der Waals surface area (Å²) in [5.41, 5.74) is 4.86. The Morgan fingerprint density at radius 1 is 1.12 bits per heavy atom. The molecule has 0 aromatic rings. The average molecular weight is 612 g/mol. The topological polar surface area (TPSA) is 116 Å². The molecule has 0 aromatic heterocycles. The molecule has 236 valence electrons. The van der Waals surface area contributed by atoms with E-state index in [0.717, 1.165) is 62.8 Å². The van der Waals surface area contributed by atoms with Gasteiger partial charge in [-0.25, -0.2) is 5.43 Å². The van der Waals surface area contributed by atoms with Crippen LogP contribution in [0.5, 0.6) is 0 Å². The lowest BCUT2D eigenvalue weighted by Gasteiger charge is -2.57. The van der Waals surface area contributed by atoms with Gasteiger partial charge in [-0.15, -0.1) is 11.8 Å². The average Bonchev–Trinajstić information content (AvgIpc) is 3.49. The van der Waals surface area contributed by atoms with Gasteiger partial charge in [0, 0.05) is 30.7 Å². The lowest BCUT2D eigenvalue weighted by Crippen LogP contribution is -2.50. The molecular formula is C34H49N3O5S. The molecule has 9 heteroatoms. The van der Waals surface area contributed by atoms with Crippen molar-refractivity contribution in [1.29, 1.82) is 0 Å². The van der Waals surface area contributed by atoms with Crippen LogP contribution in [-0.2, 0) is 19.2 Å². The number of nitrogens with zero attached hydrogens (tertiary/aromatic N) is 2. The standard InChI is InChI=1S/C34H49N3O5S/c1-4-18-43-29-20-31(41)37(32(29)42)17-7-5-6-8-30(40)36-35-23-13-15-33(2)22(19-23)9-10-24-25-11-12-27(28(39)21-38)34(25,3)16-14-26(24)33/h13,15,19,24-27,29,38H,4-12,14,16-18,20-21H2,1-3H3,(H,36,40). The maximum absolute atomic E-state index is 12.5. The first-order valence-electron chi connectivity index (χ1n) is 16.5. The van der Waals surface area contributed by atoms with E-state index >= 15 is 0 Å². The van der Waals surface area contributed by atoms with Gasteiger partial charge in [-0.1, -0.05) is 38.8 Å². The van der Waals surface area contributed by atoms with Gasteiger partial charge in [-0.2, -0.15) is 5.10 Å². The zero-order valence-corrected chi connectivity index (χ0v) is 26.9. The van der Waals surface area contributed by atoms with Gasteiger partial charge in [0.25, 0.3) is 0 Å². The fourth-order valence-electron chi connectivity index (χ4n) is 9.11. The maximum Gasteiger partial charge on any atom is 0.242 e. The number of carbonyl (C=O) groups is 4. The Labute approximate surface area is 260 Å². The summed E-state index contributed by atoms with van der Waals surface area (Å²) in [4.78, 5) is 51.1. The van der Waals surface area contributed by atoms with Gasteiger partial charge in [0.15, 0.2) is 5.78 Å². The third kappa shape index (κ3) is 6.31. The van der Waals surface area contributed by atoms with Crippen molar-refractivity contribution >= 4 is 41.0 Å². The van der Waals surface area contributed by atoms with Crippen molar-refractivity contribution in [2.45, 2.75) is 103 Å². The summed E-state index contributed by atoms with van der Waals surface area (Å²) < 4.78 is 0. The molecule has 5 rings (SSSR count). The van der Waals surface area contributed by atoms with Crippen molar-refractivity contribution in [1.82, 2.24) is 10.3 Å². The van der Waals surface area contributed by atoms with Crippen LogP contribution in [0.3, 0.4) is 0 Å². The minimum atomic E-state index is -0.338. The zero-order chi connectivity index (χ0) is 30.8. The molecule has 1 saturated heterocycles. The predicted molar refractivity (Wildman–Crippen MR) is 169 cm³/mol. The molecule has 5 aliphatic rings. The first kappa shape index (κ1) is 32.1. The number of ketones is 1. The van der Waals surface area contributed by atoms with E-state index in [0.29, 0.717) is 50.0 Å². The van der Waals surface area contributed by atoms with Gasteiger partial charge in [0.2, 0.25) is 17.7 Å². The molecule has 43 heavy (non-hydrogen) atoms.